The number of sulfone groups is 1. The van der Waals surface area contributed by atoms with Crippen molar-refractivity contribution in [2.45, 2.75) is 24.1 Å². The molecular formula is C15H14ClN2O5S2-. The number of amidine groups is 1. The van der Waals surface area contributed by atoms with Gasteiger partial charge in [-0.2, -0.15) is 4.99 Å². The summed E-state index contributed by atoms with van der Waals surface area (Å²) < 4.78 is 23.9. The summed E-state index contributed by atoms with van der Waals surface area (Å²) in [6.45, 7) is 0. The first-order valence-corrected chi connectivity index (χ1v) is 10.6. The number of amides is 1. The lowest BCUT2D eigenvalue weighted by Gasteiger charge is -2.24. The van der Waals surface area contributed by atoms with Gasteiger partial charge in [-0.1, -0.05) is 23.4 Å². The Morgan fingerprint density at radius 3 is 2.56 bits per heavy atom. The Morgan fingerprint density at radius 1 is 1.24 bits per heavy atom. The Kier molecular flexibility index (Phi) is 5.08. The van der Waals surface area contributed by atoms with Gasteiger partial charge in [-0.05, 0) is 30.7 Å². The van der Waals surface area contributed by atoms with E-state index in [1.54, 1.807) is 29.2 Å². The van der Waals surface area contributed by atoms with E-state index in [0.29, 0.717) is 15.9 Å². The number of carboxylic acid groups (broad SMARTS) is 1. The molecule has 134 valence electrons. The maximum atomic E-state index is 11.9. The summed E-state index contributed by atoms with van der Waals surface area (Å²) in [6.07, 6.45) is -0.656. The molecule has 2 saturated heterocycles. The first-order chi connectivity index (χ1) is 11.7. The van der Waals surface area contributed by atoms with Crippen LogP contribution in [0.1, 0.15) is 12.8 Å². The number of hydrogen-bond donors (Lipinski definition) is 0. The third-order valence-corrected chi connectivity index (χ3v) is 7.40. The predicted molar refractivity (Wildman–Crippen MR) is 94.4 cm³/mol. The zero-order valence-corrected chi connectivity index (χ0v) is 15.3. The fourth-order valence-electron chi connectivity index (χ4n) is 2.84. The average molecular weight is 402 g/mol. The van der Waals surface area contributed by atoms with E-state index in [1.807, 2.05) is 0 Å². The van der Waals surface area contributed by atoms with Gasteiger partial charge in [0.2, 0.25) is 5.91 Å². The second-order valence-corrected chi connectivity index (χ2v) is 9.60. The fourth-order valence-corrected chi connectivity index (χ4v) is 6.90. The highest BCUT2D eigenvalue weighted by Gasteiger charge is 2.49. The molecular weight excluding hydrogens is 388 g/mol. The number of aliphatic imine (C=N–C) groups is 1. The minimum atomic E-state index is -3.14. The number of thioether (sulfide) groups is 1. The summed E-state index contributed by atoms with van der Waals surface area (Å²) >= 11 is 7.13. The molecule has 2 aliphatic rings. The molecule has 10 heteroatoms. The zero-order valence-electron chi connectivity index (χ0n) is 12.9. The largest absolute Gasteiger partial charge is 0.550 e. The Labute approximate surface area is 154 Å². The smallest absolute Gasteiger partial charge is 0.248 e. The van der Waals surface area contributed by atoms with E-state index in [2.05, 4.69) is 4.99 Å². The molecule has 2 fully saturated rings. The normalized spacial score (nSPS) is 26.0. The molecule has 1 aromatic rings. The Balaban J connectivity index is 1.90. The van der Waals surface area contributed by atoms with Crippen molar-refractivity contribution in [3.8, 4) is 0 Å². The standard InChI is InChI=1S/C15H15ClN2O5S2/c16-9-1-3-10(4-2-9)18-11-7-25(22,23)8-12(11)24-15(18)17-13(19)5-6-14(20)21/h1-4,11-12H,5-8H2,(H,20,21)/p-1/t11-,12-/m0/s1. The van der Waals surface area contributed by atoms with Crippen molar-refractivity contribution in [1.29, 1.82) is 0 Å². The number of hydrogen-bond acceptors (Lipinski definition) is 6. The molecule has 0 spiro atoms. The van der Waals surface area contributed by atoms with Crippen LogP contribution < -0.4 is 10.0 Å². The number of carboxylic acids is 1. The van der Waals surface area contributed by atoms with Gasteiger partial charge in [0.15, 0.2) is 15.0 Å². The lowest BCUT2D eigenvalue weighted by molar-refractivity contribution is -0.305. The van der Waals surface area contributed by atoms with Crippen LogP contribution in [0.5, 0.6) is 0 Å². The zero-order chi connectivity index (χ0) is 18.2. The molecule has 1 aromatic carbocycles. The van der Waals surface area contributed by atoms with Crippen LogP contribution in [0.2, 0.25) is 5.02 Å². The van der Waals surface area contributed by atoms with Gasteiger partial charge < -0.3 is 14.8 Å². The summed E-state index contributed by atoms with van der Waals surface area (Å²) in [7, 11) is -3.14. The van der Waals surface area contributed by atoms with Crippen molar-refractivity contribution < 1.29 is 23.1 Å². The quantitative estimate of drug-likeness (QED) is 0.721. The second kappa shape index (κ2) is 6.97. The third kappa shape index (κ3) is 4.16. The fraction of sp³-hybridized carbons (Fsp3) is 0.400. The average Bonchev–Trinajstić information content (AvgIpc) is 2.97. The van der Waals surface area contributed by atoms with E-state index in [1.165, 1.54) is 11.8 Å². The molecule has 0 radical (unpaired) electrons. The van der Waals surface area contributed by atoms with Gasteiger partial charge >= 0.3 is 0 Å². The molecule has 2 heterocycles. The summed E-state index contributed by atoms with van der Waals surface area (Å²) in [6, 6.07) is 6.50. The van der Waals surface area contributed by atoms with Crippen LogP contribution in [0.15, 0.2) is 29.3 Å². The highest BCUT2D eigenvalue weighted by Crippen LogP contribution is 2.41. The van der Waals surface area contributed by atoms with Crippen molar-refractivity contribution in [2.24, 2.45) is 4.99 Å². The van der Waals surface area contributed by atoms with Crippen molar-refractivity contribution in [3.05, 3.63) is 29.3 Å². The van der Waals surface area contributed by atoms with Gasteiger partial charge in [0, 0.05) is 28.4 Å². The minimum Gasteiger partial charge on any atom is -0.550 e. The van der Waals surface area contributed by atoms with Gasteiger partial charge in [-0.25, -0.2) is 8.42 Å². The van der Waals surface area contributed by atoms with Crippen LogP contribution in [0.3, 0.4) is 0 Å². The molecule has 2 aliphatic heterocycles. The number of halogens is 1. The summed E-state index contributed by atoms with van der Waals surface area (Å²) in [4.78, 5) is 28.1. The predicted octanol–water partition coefficient (Wildman–Crippen LogP) is 0.472. The molecule has 0 unspecified atom stereocenters. The number of benzene rings is 1. The van der Waals surface area contributed by atoms with Crippen molar-refractivity contribution in [1.82, 2.24) is 0 Å². The molecule has 1 amide bonds. The van der Waals surface area contributed by atoms with Gasteiger partial charge in [-0.3, -0.25) is 4.79 Å². The summed E-state index contributed by atoms with van der Waals surface area (Å²) in [5, 5.41) is 11.2. The Hall–Kier alpha value is -1.58. The van der Waals surface area contributed by atoms with Gasteiger partial charge in [0.25, 0.3) is 0 Å². The number of nitrogens with zero attached hydrogens (tertiary/aromatic N) is 2. The summed E-state index contributed by atoms with van der Waals surface area (Å²) in [5.74, 6) is -1.88. The Morgan fingerprint density at radius 2 is 1.92 bits per heavy atom. The van der Waals surface area contributed by atoms with Crippen LogP contribution in [0.25, 0.3) is 0 Å². The van der Waals surface area contributed by atoms with Crippen molar-refractivity contribution in [3.63, 3.8) is 0 Å². The minimum absolute atomic E-state index is 0.0143. The maximum Gasteiger partial charge on any atom is 0.248 e. The highest BCUT2D eigenvalue weighted by atomic mass is 35.5. The number of carbonyl (C=O) groups excluding carboxylic acids is 2. The molecule has 0 bridgehead atoms. The van der Waals surface area contributed by atoms with Gasteiger partial charge in [0.05, 0.1) is 17.5 Å². The number of carbonyl (C=O) groups is 2. The van der Waals surface area contributed by atoms with E-state index in [-0.39, 0.29) is 29.2 Å². The molecule has 0 saturated carbocycles. The maximum absolute atomic E-state index is 11.9. The molecule has 0 aromatic heterocycles. The molecule has 3 rings (SSSR count). The van der Waals surface area contributed by atoms with Crippen molar-refractivity contribution >= 4 is 55.9 Å². The van der Waals surface area contributed by atoms with Crippen LogP contribution in [0.4, 0.5) is 5.69 Å². The van der Waals surface area contributed by atoms with Gasteiger partial charge in [-0.15, -0.1) is 0 Å². The van der Waals surface area contributed by atoms with E-state index >= 15 is 0 Å². The van der Waals surface area contributed by atoms with Crippen LogP contribution in [0, 0.1) is 0 Å². The van der Waals surface area contributed by atoms with Gasteiger partial charge in [0.1, 0.15) is 0 Å². The number of fused-ring (bicyclic) bond motifs is 1. The molecule has 0 N–H and O–H groups in total. The second-order valence-electron chi connectivity index (χ2n) is 5.81. The first-order valence-electron chi connectivity index (χ1n) is 7.48. The SMILES string of the molecule is O=C([O-])CCC(=O)N=C1S[C@H]2CS(=O)(=O)C[C@@H]2N1c1ccc(Cl)cc1. The third-order valence-electron chi connectivity index (χ3n) is 3.93. The molecule has 7 nitrogen and oxygen atoms in total. The number of anilines is 1. The van der Waals surface area contributed by atoms with Crippen LogP contribution >= 0.6 is 23.4 Å². The van der Waals surface area contributed by atoms with E-state index in [4.69, 9.17) is 11.6 Å². The molecule has 2 atom stereocenters. The van der Waals surface area contributed by atoms with Crippen molar-refractivity contribution in [2.75, 3.05) is 16.4 Å². The van der Waals surface area contributed by atoms with Crippen LogP contribution in [-0.2, 0) is 19.4 Å². The topological polar surface area (TPSA) is 107 Å². The monoisotopic (exact) mass is 401 g/mol. The van der Waals surface area contributed by atoms with Crippen LogP contribution in [-0.4, -0.2) is 48.3 Å². The lowest BCUT2D eigenvalue weighted by atomic mass is 10.2. The van der Waals surface area contributed by atoms with E-state index in [0.717, 1.165) is 0 Å². The van der Waals surface area contributed by atoms with E-state index < -0.39 is 28.1 Å². The first kappa shape index (κ1) is 18.2. The van der Waals surface area contributed by atoms with E-state index in [9.17, 15) is 23.1 Å². The Bertz CT molecular complexity index is 838. The lowest BCUT2D eigenvalue weighted by Crippen LogP contribution is -2.37. The molecule has 0 aliphatic carbocycles. The molecule has 25 heavy (non-hydrogen) atoms. The number of aliphatic carboxylic acids is 1. The number of rotatable bonds is 4. The highest BCUT2D eigenvalue weighted by molar-refractivity contribution is 8.16. The summed E-state index contributed by atoms with van der Waals surface area (Å²) in [5.41, 5.74) is 0.688.